The van der Waals surface area contributed by atoms with Gasteiger partial charge in [-0.1, -0.05) is 12.1 Å². The van der Waals surface area contributed by atoms with Crippen LogP contribution in [0.4, 0.5) is 4.39 Å². The first-order chi connectivity index (χ1) is 11.3. The Morgan fingerprint density at radius 2 is 1.62 bits per heavy atom. The Kier molecular flexibility index (Phi) is 4.51. The molecule has 1 aliphatic heterocycles. The predicted molar refractivity (Wildman–Crippen MR) is 84.0 cm³/mol. The largest absolute Gasteiger partial charge is 0.349 e. The van der Waals surface area contributed by atoms with Crippen molar-refractivity contribution in [2.24, 2.45) is 0 Å². The van der Waals surface area contributed by atoms with Crippen molar-refractivity contribution in [3.05, 3.63) is 35.6 Å². The number of hydrogen-bond acceptors (Lipinski definition) is 5. The summed E-state index contributed by atoms with van der Waals surface area (Å²) < 4.78 is 36.6. The van der Waals surface area contributed by atoms with Gasteiger partial charge >= 0.3 is 0 Å². The summed E-state index contributed by atoms with van der Waals surface area (Å²) in [5.41, 5.74) is 0.850. The van der Waals surface area contributed by atoms with Crippen molar-refractivity contribution in [3.63, 3.8) is 0 Å². The molecule has 2 aliphatic rings. The average Bonchev–Trinajstić information content (AvgIpc) is 2.56. The molecular weight excluding hydrogens is 315 g/mol. The number of carbonyl (C=O) groups excluding carboxylic acids is 1. The Balaban J connectivity index is 1.96. The Bertz CT molecular complexity index is 618. The van der Waals surface area contributed by atoms with Crippen LogP contribution in [-0.2, 0) is 23.7 Å². The zero-order valence-electron chi connectivity index (χ0n) is 14.4. The van der Waals surface area contributed by atoms with Gasteiger partial charge in [-0.25, -0.2) is 4.39 Å². The van der Waals surface area contributed by atoms with Crippen molar-refractivity contribution >= 4 is 5.78 Å². The fraction of sp³-hybridized carbons (Fsp3) is 0.611. The van der Waals surface area contributed by atoms with Crippen LogP contribution in [0.1, 0.15) is 38.2 Å². The smallest absolute Gasteiger partial charge is 0.220 e. The summed E-state index contributed by atoms with van der Waals surface area (Å²) in [6.07, 6.45) is -0.211. The second kappa shape index (κ2) is 6.19. The van der Waals surface area contributed by atoms with Gasteiger partial charge in [0.15, 0.2) is 0 Å². The van der Waals surface area contributed by atoms with E-state index >= 15 is 0 Å². The standard InChI is InChI=1S/C18H23FO5/c1-17(21-3)18(2,22-4)24-16-14(9-13(20)10-15(16)23-17)11-5-7-12(19)8-6-11/h5-8,14-16H,9-10H2,1-4H3/t14-,15+,16+,17-,18-/m0/s1. The first-order valence-corrected chi connectivity index (χ1v) is 8.05. The Hall–Kier alpha value is -1.34. The molecule has 132 valence electrons. The third-order valence-electron chi connectivity index (χ3n) is 5.28. The second-order valence-corrected chi connectivity index (χ2v) is 6.64. The Morgan fingerprint density at radius 1 is 1.04 bits per heavy atom. The van der Waals surface area contributed by atoms with Crippen molar-refractivity contribution in [1.29, 1.82) is 0 Å². The zero-order valence-corrected chi connectivity index (χ0v) is 14.4. The molecule has 1 aromatic rings. The lowest BCUT2D eigenvalue weighted by molar-refractivity contribution is -0.450. The number of ketones is 1. The van der Waals surface area contributed by atoms with Crippen LogP contribution in [0.3, 0.4) is 0 Å². The van der Waals surface area contributed by atoms with Crippen LogP contribution in [0.25, 0.3) is 0 Å². The molecule has 0 unspecified atom stereocenters. The molecule has 0 amide bonds. The molecule has 1 saturated carbocycles. The van der Waals surface area contributed by atoms with E-state index in [-0.39, 0.29) is 30.0 Å². The molecule has 2 fully saturated rings. The van der Waals surface area contributed by atoms with E-state index in [2.05, 4.69) is 0 Å². The molecule has 24 heavy (non-hydrogen) atoms. The lowest BCUT2D eigenvalue weighted by Gasteiger charge is -2.54. The lowest BCUT2D eigenvalue weighted by atomic mass is 9.78. The maximum atomic E-state index is 13.2. The highest BCUT2D eigenvalue weighted by Crippen LogP contribution is 2.46. The third kappa shape index (κ3) is 2.77. The van der Waals surface area contributed by atoms with Gasteiger partial charge < -0.3 is 18.9 Å². The van der Waals surface area contributed by atoms with Crippen LogP contribution in [0.2, 0.25) is 0 Å². The SMILES string of the molecule is CO[C@@]1(C)O[C@H]2[C@@H](CC(=O)C[C@H]2c2ccc(F)cc2)O[C@]1(C)OC. The molecule has 6 heteroatoms. The fourth-order valence-corrected chi connectivity index (χ4v) is 3.56. The summed E-state index contributed by atoms with van der Waals surface area (Å²) in [5, 5.41) is 0. The third-order valence-corrected chi connectivity index (χ3v) is 5.28. The van der Waals surface area contributed by atoms with Crippen molar-refractivity contribution in [2.45, 2.75) is 56.4 Å². The number of carbonyl (C=O) groups is 1. The molecule has 0 spiro atoms. The molecule has 5 atom stereocenters. The van der Waals surface area contributed by atoms with Crippen LogP contribution < -0.4 is 0 Å². The molecule has 0 bridgehead atoms. The first kappa shape index (κ1) is 17.5. The Labute approximate surface area is 141 Å². The number of ether oxygens (including phenoxy) is 4. The van der Waals surface area contributed by atoms with Gasteiger partial charge in [0.1, 0.15) is 11.6 Å². The molecule has 5 nitrogen and oxygen atoms in total. The van der Waals surface area contributed by atoms with E-state index < -0.39 is 17.7 Å². The minimum absolute atomic E-state index is 0.0913. The summed E-state index contributed by atoms with van der Waals surface area (Å²) in [5.74, 6) is -2.69. The fourth-order valence-electron chi connectivity index (χ4n) is 3.56. The number of fused-ring (bicyclic) bond motifs is 1. The number of methoxy groups -OCH3 is 2. The lowest BCUT2D eigenvalue weighted by Crippen LogP contribution is -2.67. The van der Waals surface area contributed by atoms with Gasteiger partial charge in [0.25, 0.3) is 0 Å². The van der Waals surface area contributed by atoms with E-state index in [0.29, 0.717) is 6.42 Å². The molecule has 0 radical (unpaired) electrons. The molecule has 1 saturated heterocycles. The van der Waals surface area contributed by atoms with Crippen LogP contribution in [0, 0.1) is 5.82 Å². The van der Waals surface area contributed by atoms with Crippen LogP contribution in [0.15, 0.2) is 24.3 Å². The first-order valence-electron chi connectivity index (χ1n) is 8.05. The Morgan fingerprint density at radius 3 is 2.21 bits per heavy atom. The topological polar surface area (TPSA) is 54.0 Å². The van der Waals surface area contributed by atoms with Gasteiger partial charge in [0.2, 0.25) is 11.6 Å². The summed E-state index contributed by atoms with van der Waals surface area (Å²) in [4.78, 5) is 12.2. The van der Waals surface area contributed by atoms with E-state index in [1.54, 1.807) is 26.0 Å². The van der Waals surface area contributed by atoms with Crippen LogP contribution in [0.5, 0.6) is 0 Å². The minimum Gasteiger partial charge on any atom is -0.349 e. The highest BCUT2D eigenvalue weighted by Gasteiger charge is 2.59. The molecule has 1 heterocycles. The van der Waals surface area contributed by atoms with Crippen molar-refractivity contribution < 1.29 is 28.1 Å². The average molecular weight is 338 g/mol. The van der Waals surface area contributed by atoms with E-state index in [1.807, 2.05) is 0 Å². The molecular formula is C18H23FO5. The van der Waals surface area contributed by atoms with Crippen molar-refractivity contribution in [2.75, 3.05) is 14.2 Å². The van der Waals surface area contributed by atoms with Crippen molar-refractivity contribution in [3.8, 4) is 0 Å². The van der Waals surface area contributed by atoms with Gasteiger partial charge in [0, 0.05) is 33.0 Å². The number of benzene rings is 1. The maximum absolute atomic E-state index is 13.2. The van der Waals surface area contributed by atoms with Gasteiger partial charge in [-0.3, -0.25) is 4.79 Å². The van der Waals surface area contributed by atoms with Gasteiger partial charge in [-0.15, -0.1) is 0 Å². The summed E-state index contributed by atoms with van der Waals surface area (Å²) in [6.45, 7) is 3.49. The zero-order chi connectivity index (χ0) is 17.5. The predicted octanol–water partition coefficient (Wildman–Crippen LogP) is 2.78. The highest BCUT2D eigenvalue weighted by atomic mass is 19.1. The molecule has 0 N–H and O–H groups in total. The van der Waals surface area contributed by atoms with Gasteiger partial charge in [-0.05, 0) is 31.5 Å². The second-order valence-electron chi connectivity index (χ2n) is 6.64. The number of halogens is 1. The normalized spacial score (nSPS) is 39.5. The summed E-state index contributed by atoms with van der Waals surface area (Å²) in [6, 6.07) is 6.16. The molecule has 1 aromatic carbocycles. The van der Waals surface area contributed by atoms with Gasteiger partial charge in [-0.2, -0.15) is 0 Å². The molecule has 0 aromatic heterocycles. The van der Waals surface area contributed by atoms with Gasteiger partial charge in [0.05, 0.1) is 12.2 Å². The van der Waals surface area contributed by atoms with Crippen LogP contribution >= 0.6 is 0 Å². The maximum Gasteiger partial charge on any atom is 0.220 e. The monoisotopic (exact) mass is 338 g/mol. The van der Waals surface area contributed by atoms with Crippen molar-refractivity contribution in [1.82, 2.24) is 0 Å². The number of Topliss-reactive ketones (excluding diaryl/α,β-unsaturated/α-hetero) is 1. The molecule has 1 aliphatic carbocycles. The number of rotatable bonds is 3. The molecule has 3 rings (SSSR count). The van der Waals surface area contributed by atoms with Crippen LogP contribution in [-0.4, -0.2) is 43.8 Å². The van der Waals surface area contributed by atoms with E-state index in [9.17, 15) is 9.18 Å². The highest BCUT2D eigenvalue weighted by molar-refractivity contribution is 5.81. The van der Waals surface area contributed by atoms with E-state index in [4.69, 9.17) is 18.9 Å². The number of hydrogen-bond donors (Lipinski definition) is 0. The quantitative estimate of drug-likeness (QED) is 0.848. The minimum atomic E-state index is -1.13. The van der Waals surface area contributed by atoms with E-state index in [1.165, 1.54) is 26.4 Å². The van der Waals surface area contributed by atoms with E-state index in [0.717, 1.165) is 5.56 Å². The summed E-state index contributed by atoms with van der Waals surface area (Å²) >= 11 is 0. The summed E-state index contributed by atoms with van der Waals surface area (Å²) in [7, 11) is 3.05.